The molecule has 4 nitrogen and oxygen atoms in total. The minimum atomic E-state index is -0.462. The SMILES string of the molecule is CN(C)CCN1CC(O)C(c2ccc(OCc3ccccc3)cc2)Sc2ccccc21. The third kappa shape index (κ3) is 5.62. The van der Waals surface area contributed by atoms with Crippen molar-refractivity contribution in [1.29, 1.82) is 0 Å². The molecule has 0 radical (unpaired) electrons. The van der Waals surface area contributed by atoms with Gasteiger partial charge in [-0.25, -0.2) is 0 Å². The van der Waals surface area contributed by atoms with E-state index in [-0.39, 0.29) is 5.25 Å². The number of β-amino-alcohol motifs (C(OH)–C–C–N with tert-alkyl or cyclic N) is 1. The number of thioether (sulfide) groups is 1. The molecule has 0 bridgehead atoms. The van der Waals surface area contributed by atoms with Gasteiger partial charge in [-0.15, -0.1) is 11.8 Å². The summed E-state index contributed by atoms with van der Waals surface area (Å²) in [5.74, 6) is 0.841. The molecule has 2 atom stereocenters. The molecule has 3 aromatic carbocycles. The Labute approximate surface area is 189 Å². The fourth-order valence-corrected chi connectivity index (χ4v) is 5.06. The lowest BCUT2D eigenvalue weighted by Gasteiger charge is -2.28. The third-order valence-electron chi connectivity index (χ3n) is 5.49. The van der Waals surface area contributed by atoms with Crippen molar-refractivity contribution in [2.45, 2.75) is 22.9 Å². The summed E-state index contributed by atoms with van der Waals surface area (Å²) in [4.78, 5) is 5.70. The number of para-hydroxylation sites is 1. The Balaban J connectivity index is 1.49. The van der Waals surface area contributed by atoms with Gasteiger partial charge in [-0.2, -0.15) is 0 Å². The van der Waals surface area contributed by atoms with Crippen LogP contribution in [0, 0.1) is 0 Å². The number of aliphatic hydroxyl groups excluding tert-OH is 1. The predicted molar refractivity (Wildman–Crippen MR) is 129 cm³/mol. The Kier molecular flexibility index (Phi) is 7.17. The lowest BCUT2D eigenvalue weighted by molar-refractivity contribution is 0.177. The minimum absolute atomic E-state index is 0.0197. The van der Waals surface area contributed by atoms with Crippen molar-refractivity contribution in [1.82, 2.24) is 4.90 Å². The first kappa shape index (κ1) is 21.8. The number of benzene rings is 3. The number of ether oxygens (including phenoxy) is 1. The Morgan fingerprint density at radius 3 is 2.42 bits per heavy atom. The standard InChI is InChI=1S/C26H30N2O2S/c1-27(2)16-17-28-18-24(29)26(31-25-11-7-6-10-23(25)28)21-12-14-22(15-13-21)30-19-20-8-4-3-5-9-20/h3-15,24,26,29H,16-19H2,1-2H3. The van der Waals surface area contributed by atoms with E-state index in [9.17, 15) is 5.11 Å². The van der Waals surface area contributed by atoms with Crippen molar-refractivity contribution in [2.75, 3.05) is 38.6 Å². The van der Waals surface area contributed by atoms with Crippen LogP contribution < -0.4 is 9.64 Å². The highest BCUT2D eigenvalue weighted by atomic mass is 32.2. The first-order chi connectivity index (χ1) is 15.1. The lowest BCUT2D eigenvalue weighted by Crippen LogP contribution is -2.37. The second kappa shape index (κ2) is 10.2. The predicted octanol–water partition coefficient (Wildman–Crippen LogP) is 4.84. The molecule has 3 aromatic rings. The summed E-state index contributed by atoms with van der Waals surface area (Å²) < 4.78 is 5.93. The molecular formula is C26H30N2O2S. The molecule has 1 N–H and O–H groups in total. The third-order valence-corrected chi connectivity index (χ3v) is 6.93. The van der Waals surface area contributed by atoms with E-state index in [1.807, 2.05) is 30.3 Å². The van der Waals surface area contributed by atoms with Gasteiger partial charge in [0.15, 0.2) is 0 Å². The molecule has 162 valence electrons. The monoisotopic (exact) mass is 434 g/mol. The van der Waals surface area contributed by atoms with Crippen LogP contribution in [0.25, 0.3) is 0 Å². The number of aliphatic hydroxyl groups is 1. The van der Waals surface area contributed by atoms with E-state index in [2.05, 4.69) is 72.4 Å². The number of nitrogens with zero attached hydrogens (tertiary/aromatic N) is 2. The first-order valence-electron chi connectivity index (χ1n) is 10.7. The highest BCUT2D eigenvalue weighted by molar-refractivity contribution is 7.99. The minimum Gasteiger partial charge on any atom is -0.489 e. The fraction of sp³-hybridized carbons (Fsp3) is 0.308. The number of hydrogen-bond acceptors (Lipinski definition) is 5. The maximum atomic E-state index is 11.1. The van der Waals surface area contributed by atoms with Crippen molar-refractivity contribution in [3.05, 3.63) is 90.0 Å². The molecule has 0 aliphatic carbocycles. The number of hydrogen-bond donors (Lipinski definition) is 1. The summed E-state index contributed by atoms with van der Waals surface area (Å²) in [6.45, 7) is 3.01. The summed E-state index contributed by atoms with van der Waals surface area (Å²) in [6.07, 6.45) is -0.462. The van der Waals surface area contributed by atoms with E-state index >= 15 is 0 Å². The molecule has 0 amide bonds. The van der Waals surface area contributed by atoms with Crippen LogP contribution in [0.2, 0.25) is 0 Å². The van der Waals surface area contributed by atoms with Crippen molar-refractivity contribution in [3.8, 4) is 5.75 Å². The Morgan fingerprint density at radius 2 is 1.68 bits per heavy atom. The van der Waals surface area contributed by atoms with Crippen molar-refractivity contribution in [3.63, 3.8) is 0 Å². The van der Waals surface area contributed by atoms with E-state index < -0.39 is 6.10 Å². The van der Waals surface area contributed by atoms with Gasteiger partial charge in [0.2, 0.25) is 0 Å². The number of fused-ring (bicyclic) bond motifs is 1. The zero-order chi connectivity index (χ0) is 21.6. The van der Waals surface area contributed by atoms with Crippen molar-refractivity contribution >= 4 is 17.4 Å². The van der Waals surface area contributed by atoms with Crippen LogP contribution in [0.15, 0.2) is 83.8 Å². The normalized spacial score (nSPS) is 18.5. The molecule has 2 unspecified atom stereocenters. The van der Waals surface area contributed by atoms with Crippen LogP contribution in [-0.4, -0.2) is 49.8 Å². The van der Waals surface area contributed by atoms with E-state index in [0.29, 0.717) is 13.2 Å². The van der Waals surface area contributed by atoms with E-state index in [1.54, 1.807) is 11.8 Å². The molecule has 0 spiro atoms. The van der Waals surface area contributed by atoms with Gasteiger partial charge >= 0.3 is 0 Å². The van der Waals surface area contributed by atoms with Gasteiger partial charge in [0.25, 0.3) is 0 Å². The van der Waals surface area contributed by atoms with Crippen LogP contribution in [0.1, 0.15) is 16.4 Å². The van der Waals surface area contributed by atoms with Gasteiger partial charge in [-0.05, 0) is 49.5 Å². The summed E-state index contributed by atoms with van der Waals surface area (Å²) in [5.41, 5.74) is 3.48. The average molecular weight is 435 g/mol. The van der Waals surface area contributed by atoms with Crippen molar-refractivity contribution in [2.24, 2.45) is 0 Å². The quantitative estimate of drug-likeness (QED) is 0.576. The van der Waals surface area contributed by atoms with E-state index in [1.165, 1.54) is 10.6 Å². The molecular weight excluding hydrogens is 404 g/mol. The average Bonchev–Trinajstić information content (AvgIpc) is 2.94. The van der Waals surface area contributed by atoms with Crippen LogP contribution in [0.4, 0.5) is 5.69 Å². The molecule has 0 fully saturated rings. The topological polar surface area (TPSA) is 35.9 Å². The van der Waals surface area contributed by atoms with Gasteiger partial charge in [0.05, 0.1) is 17.0 Å². The number of rotatable bonds is 7. The van der Waals surface area contributed by atoms with Crippen LogP contribution in [-0.2, 0) is 6.61 Å². The van der Waals surface area contributed by atoms with E-state index in [0.717, 1.165) is 30.0 Å². The zero-order valence-corrected chi connectivity index (χ0v) is 19.0. The van der Waals surface area contributed by atoms with Gasteiger partial charge in [-0.3, -0.25) is 0 Å². The molecule has 0 aromatic heterocycles. The molecule has 0 saturated heterocycles. The molecule has 31 heavy (non-hydrogen) atoms. The second-order valence-electron chi connectivity index (χ2n) is 8.17. The number of anilines is 1. The highest BCUT2D eigenvalue weighted by Gasteiger charge is 2.30. The molecule has 1 aliphatic rings. The summed E-state index contributed by atoms with van der Waals surface area (Å²) in [7, 11) is 4.16. The maximum Gasteiger partial charge on any atom is 0.119 e. The van der Waals surface area contributed by atoms with Crippen LogP contribution >= 0.6 is 11.8 Å². The summed E-state index contributed by atoms with van der Waals surface area (Å²) in [5, 5.41) is 11.1. The number of likely N-dealkylation sites (N-methyl/N-ethyl adjacent to an activating group) is 1. The van der Waals surface area contributed by atoms with Gasteiger partial charge < -0.3 is 19.6 Å². The highest BCUT2D eigenvalue weighted by Crippen LogP contribution is 2.45. The molecule has 0 saturated carbocycles. The van der Waals surface area contributed by atoms with Crippen LogP contribution in [0.3, 0.4) is 0 Å². The van der Waals surface area contributed by atoms with Gasteiger partial charge in [0, 0.05) is 24.5 Å². The zero-order valence-electron chi connectivity index (χ0n) is 18.1. The summed E-state index contributed by atoms with van der Waals surface area (Å²) >= 11 is 1.75. The Morgan fingerprint density at radius 1 is 0.968 bits per heavy atom. The largest absolute Gasteiger partial charge is 0.489 e. The molecule has 4 rings (SSSR count). The van der Waals surface area contributed by atoms with Gasteiger partial charge in [0.1, 0.15) is 12.4 Å². The fourth-order valence-electron chi connectivity index (χ4n) is 3.77. The Hall–Kier alpha value is -2.47. The molecule has 5 heteroatoms. The Bertz CT molecular complexity index is 963. The molecule has 1 heterocycles. The second-order valence-corrected chi connectivity index (χ2v) is 9.35. The first-order valence-corrected chi connectivity index (χ1v) is 11.6. The van der Waals surface area contributed by atoms with Gasteiger partial charge in [-0.1, -0.05) is 54.6 Å². The molecule has 1 aliphatic heterocycles. The maximum absolute atomic E-state index is 11.1. The lowest BCUT2D eigenvalue weighted by atomic mass is 10.1. The smallest absolute Gasteiger partial charge is 0.119 e. The van der Waals surface area contributed by atoms with E-state index in [4.69, 9.17) is 4.74 Å². The van der Waals surface area contributed by atoms with Crippen molar-refractivity contribution < 1.29 is 9.84 Å². The van der Waals surface area contributed by atoms with Crippen LogP contribution in [0.5, 0.6) is 5.75 Å². The summed E-state index contributed by atoms with van der Waals surface area (Å²) in [6, 6.07) is 26.8.